The molecule has 0 bridgehead atoms. The molecule has 0 aromatic heterocycles. The van der Waals surface area contributed by atoms with Gasteiger partial charge in [0.2, 0.25) is 5.91 Å². The van der Waals surface area contributed by atoms with E-state index < -0.39 is 11.5 Å². The van der Waals surface area contributed by atoms with E-state index in [1.165, 1.54) is 23.9 Å². The first kappa shape index (κ1) is 17.1. The standard InChI is InChI=1S/C15H18N2O3S/c1-10(2)15(3,9-16)17-13(18)8-21-12-6-4-11(5-7-12)14(19)20/h4-7,10H,8H2,1-3H3,(H,17,18)(H,19,20). The number of thioether (sulfide) groups is 1. The fourth-order valence-electron chi connectivity index (χ4n) is 1.47. The summed E-state index contributed by atoms with van der Waals surface area (Å²) >= 11 is 1.30. The molecule has 1 rings (SSSR count). The molecule has 21 heavy (non-hydrogen) atoms. The Balaban J connectivity index is 2.57. The monoisotopic (exact) mass is 306 g/mol. The second-order valence-corrected chi connectivity index (χ2v) is 6.18. The van der Waals surface area contributed by atoms with Crippen molar-refractivity contribution in [3.63, 3.8) is 0 Å². The van der Waals surface area contributed by atoms with Gasteiger partial charge >= 0.3 is 5.97 Å². The van der Waals surface area contributed by atoms with Gasteiger partial charge in [-0.25, -0.2) is 4.79 Å². The van der Waals surface area contributed by atoms with Crippen molar-refractivity contribution in [2.24, 2.45) is 5.92 Å². The van der Waals surface area contributed by atoms with Crippen LogP contribution in [0.15, 0.2) is 29.2 Å². The number of benzene rings is 1. The second-order valence-electron chi connectivity index (χ2n) is 5.14. The molecule has 1 amide bonds. The summed E-state index contributed by atoms with van der Waals surface area (Å²) in [6.07, 6.45) is 0. The van der Waals surface area contributed by atoms with Crippen LogP contribution in [-0.4, -0.2) is 28.3 Å². The highest BCUT2D eigenvalue weighted by molar-refractivity contribution is 8.00. The summed E-state index contributed by atoms with van der Waals surface area (Å²) in [5.74, 6) is -1.02. The molecule has 1 unspecified atom stereocenters. The van der Waals surface area contributed by atoms with Crippen molar-refractivity contribution in [3.8, 4) is 6.07 Å². The van der Waals surface area contributed by atoms with Crippen LogP contribution < -0.4 is 5.32 Å². The van der Waals surface area contributed by atoms with Gasteiger partial charge < -0.3 is 10.4 Å². The average molecular weight is 306 g/mol. The molecule has 5 nitrogen and oxygen atoms in total. The van der Waals surface area contributed by atoms with Gasteiger partial charge in [0.15, 0.2) is 0 Å². The van der Waals surface area contributed by atoms with E-state index in [0.717, 1.165) is 4.90 Å². The number of nitrogens with zero attached hydrogens (tertiary/aromatic N) is 1. The van der Waals surface area contributed by atoms with Crippen LogP contribution in [0.4, 0.5) is 0 Å². The molecule has 0 radical (unpaired) electrons. The summed E-state index contributed by atoms with van der Waals surface area (Å²) in [6.45, 7) is 5.45. The van der Waals surface area contributed by atoms with Crippen LogP contribution in [0.3, 0.4) is 0 Å². The highest BCUT2D eigenvalue weighted by atomic mass is 32.2. The SMILES string of the molecule is CC(C)C(C)(C#N)NC(=O)CSc1ccc(C(=O)O)cc1. The summed E-state index contributed by atoms with van der Waals surface area (Å²) < 4.78 is 0. The molecule has 0 saturated heterocycles. The van der Waals surface area contributed by atoms with Gasteiger partial charge in [-0.2, -0.15) is 5.26 Å². The van der Waals surface area contributed by atoms with Gasteiger partial charge in [-0.15, -0.1) is 11.8 Å². The summed E-state index contributed by atoms with van der Waals surface area (Å²) in [5, 5.41) is 20.7. The summed E-state index contributed by atoms with van der Waals surface area (Å²) in [4.78, 5) is 23.4. The lowest BCUT2D eigenvalue weighted by Crippen LogP contribution is -2.49. The van der Waals surface area contributed by atoms with E-state index >= 15 is 0 Å². The smallest absolute Gasteiger partial charge is 0.335 e. The van der Waals surface area contributed by atoms with Crippen molar-refractivity contribution >= 4 is 23.6 Å². The number of carboxylic acids is 1. The van der Waals surface area contributed by atoms with E-state index in [4.69, 9.17) is 10.4 Å². The lowest BCUT2D eigenvalue weighted by Gasteiger charge is -2.27. The van der Waals surface area contributed by atoms with Crippen molar-refractivity contribution < 1.29 is 14.7 Å². The Bertz CT molecular complexity index is 563. The van der Waals surface area contributed by atoms with Crippen molar-refractivity contribution in [2.45, 2.75) is 31.2 Å². The largest absolute Gasteiger partial charge is 0.478 e. The molecule has 6 heteroatoms. The molecule has 1 atom stereocenters. The number of carbonyl (C=O) groups is 2. The summed E-state index contributed by atoms with van der Waals surface area (Å²) in [5.41, 5.74) is -0.675. The molecule has 2 N–H and O–H groups in total. The van der Waals surface area contributed by atoms with Crippen LogP contribution >= 0.6 is 11.8 Å². The minimum Gasteiger partial charge on any atom is -0.478 e. The predicted octanol–water partition coefficient (Wildman–Crippen LogP) is 2.53. The number of hydrogen-bond acceptors (Lipinski definition) is 4. The zero-order chi connectivity index (χ0) is 16.0. The van der Waals surface area contributed by atoms with Gasteiger partial charge in [-0.3, -0.25) is 4.79 Å². The molecule has 0 aliphatic rings. The van der Waals surface area contributed by atoms with Crippen LogP contribution in [0.1, 0.15) is 31.1 Å². The maximum absolute atomic E-state index is 11.9. The molecule has 0 heterocycles. The zero-order valence-electron chi connectivity index (χ0n) is 12.2. The molecule has 0 aliphatic heterocycles. The van der Waals surface area contributed by atoms with Crippen molar-refractivity contribution in [1.29, 1.82) is 5.26 Å². The number of nitrogens with one attached hydrogen (secondary N) is 1. The first-order chi connectivity index (χ1) is 9.78. The number of nitriles is 1. The van der Waals surface area contributed by atoms with Gasteiger partial charge in [0.05, 0.1) is 17.4 Å². The maximum Gasteiger partial charge on any atom is 0.335 e. The molecule has 112 valence electrons. The molecule has 0 saturated carbocycles. The first-order valence-corrected chi connectivity index (χ1v) is 7.45. The minimum atomic E-state index is -0.981. The fourth-order valence-corrected chi connectivity index (χ4v) is 2.17. The normalized spacial score (nSPS) is 13.3. The molecule has 0 spiro atoms. The van der Waals surface area contributed by atoms with Crippen molar-refractivity contribution in [1.82, 2.24) is 5.32 Å². The van der Waals surface area contributed by atoms with Crippen molar-refractivity contribution in [3.05, 3.63) is 29.8 Å². The number of hydrogen-bond donors (Lipinski definition) is 2. The van der Waals surface area contributed by atoms with Gasteiger partial charge in [0, 0.05) is 4.90 Å². The van der Waals surface area contributed by atoms with Crippen molar-refractivity contribution in [2.75, 3.05) is 5.75 Å². The average Bonchev–Trinajstić information content (AvgIpc) is 2.45. The number of carbonyl (C=O) groups excluding carboxylic acids is 1. The Hall–Kier alpha value is -2.00. The topological polar surface area (TPSA) is 90.2 Å². The van der Waals surface area contributed by atoms with E-state index in [0.29, 0.717) is 0 Å². The molecular formula is C15H18N2O3S. The molecular weight excluding hydrogens is 288 g/mol. The Morgan fingerprint density at radius 2 is 1.95 bits per heavy atom. The highest BCUT2D eigenvalue weighted by Crippen LogP contribution is 2.20. The third kappa shape index (κ3) is 4.80. The van der Waals surface area contributed by atoms with E-state index in [2.05, 4.69) is 11.4 Å². The van der Waals surface area contributed by atoms with Gasteiger partial charge in [-0.05, 0) is 37.1 Å². The Kier molecular flexibility index (Phi) is 5.79. The van der Waals surface area contributed by atoms with Crippen LogP contribution in [-0.2, 0) is 4.79 Å². The third-order valence-corrected chi connectivity index (χ3v) is 4.27. The number of aromatic carboxylic acids is 1. The predicted molar refractivity (Wildman–Crippen MR) is 81.1 cm³/mol. The van der Waals surface area contributed by atoms with Crippen LogP contribution in [0.2, 0.25) is 0 Å². The van der Waals surface area contributed by atoms with E-state index in [1.807, 2.05) is 13.8 Å². The third-order valence-electron chi connectivity index (χ3n) is 3.26. The summed E-state index contributed by atoms with van der Waals surface area (Å²) in [6, 6.07) is 8.43. The lowest BCUT2D eigenvalue weighted by molar-refractivity contribution is -0.120. The lowest BCUT2D eigenvalue weighted by atomic mass is 9.90. The number of amides is 1. The fraction of sp³-hybridized carbons (Fsp3) is 0.400. The van der Waals surface area contributed by atoms with E-state index in [-0.39, 0.29) is 23.1 Å². The molecule has 0 fully saturated rings. The van der Waals surface area contributed by atoms with Crippen LogP contribution in [0, 0.1) is 17.2 Å². The number of rotatable bonds is 6. The van der Waals surface area contributed by atoms with Crippen LogP contribution in [0.25, 0.3) is 0 Å². The van der Waals surface area contributed by atoms with E-state index in [9.17, 15) is 9.59 Å². The number of carboxylic acid groups (broad SMARTS) is 1. The minimum absolute atomic E-state index is 0.00583. The van der Waals surface area contributed by atoms with Gasteiger partial charge in [-0.1, -0.05) is 13.8 Å². The quantitative estimate of drug-likeness (QED) is 0.788. The van der Waals surface area contributed by atoms with Gasteiger partial charge in [0.1, 0.15) is 5.54 Å². The zero-order valence-corrected chi connectivity index (χ0v) is 13.0. The Labute approximate surface area is 128 Å². The second kappa shape index (κ2) is 7.14. The highest BCUT2D eigenvalue weighted by Gasteiger charge is 2.29. The molecule has 1 aromatic rings. The Morgan fingerprint density at radius 3 is 2.38 bits per heavy atom. The maximum atomic E-state index is 11.9. The first-order valence-electron chi connectivity index (χ1n) is 6.47. The van der Waals surface area contributed by atoms with Gasteiger partial charge in [0.25, 0.3) is 0 Å². The molecule has 1 aromatic carbocycles. The van der Waals surface area contributed by atoms with Crippen LogP contribution in [0.5, 0.6) is 0 Å². The molecule has 0 aliphatic carbocycles. The van der Waals surface area contributed by atoms with E-state index in [1.54, 1.807) is 19.1 Å². The Morgan fingerprint density at radius 1 is 1.38 bits per heavy atom. The summed E-state index contributed by atoms with van der Waals surface area (Å²) in [7, 11) is 0.